The van der Waals surface area contributed by atoms with Crippen molar-refractivity contribution in [2.45, 2.75) is 33.1 Å². The lowest BCUT2D eigenvalue weighted by Gasteiger charge is -2.35. The van der Waals surface area contributed by atoms with Gasteiger partial charge in [-0.15, -0.1) is 0 Å². The number of carbonyl (C=O) groups excluding carboxylic acids is 1. The van der Waals surface area contributed by atoms with Crippen LogP contribution in [-0.4, -0.2) is 25.5 Å². The number of piperidine rings is 1. The summed E-state index contributed by atoms with van der Waals surface area (Å²) in [5.74, 6) is 0.974. The molecule has 1 saturated heterocycles. The Morgan fingerprint density at radius 3 is 2.58 bits per heavy atom. The zero-order chi connectivity index (χ0) is 13.7. The molecule has 0 aliphatic carbocycles. The van der Waals surface area contributed by atoms with E-state index in [1.807, 2.05) is 31.2 Å². The number of Topliss-reactive ketones (excluding diaryl/α,β-unsaturated/α-hetero) is 1. The highest BCUT2D eigenvalue weighted by Crippen LogP contribution is 2.38. The van der Waals surface area contributed by atoms with Crippen LogP contribution in [0.15, 0.2) is 24.3 Å². The average Bonchev–Trinajstić information content (AvgIpc) is 2.48. The van der Waals surface area contributed by atoms with Crippen molar-refractivity contribution in [3.05, 3.63) is 29.8 Å². The second-order valence-corrected chi connectivity index (χ2v) is 5.14. The first-order valence-corrected chi connectivity index (χ1v) is 7.21. The van der Waals surface area contributed by atoms with Gasteiger partial charge in [0.25, 0.3) is 0 Å². The van der Waals surface area contributed by atoms with Crippen molar-refractivity contribution in [1.29, 1.82) is 0 Å². The topological polar surface area (TPSA) is 38.3 Å². The molecule has 3 heteroatoms. The number of rotatable bonds is 5. The predicted molar refractivity (Wildman–Crippen MR) is 76.8 cm³/mol. The van der Waals surface area contributed by atoms with Crippen LogP contribution in [0.3, 0.4) is 0 Å². The molecule has 1 aromatic carbocycles. The Morgan fingerprint density at radius 1 is 1.26 bits per heavy atom. The fourth-order valence-corrected chi connectivity index (χ4v) is 2.87. The number of benzene rings is 1. The number of hydrogen-bond donors (Lipinski definition) is 1. The van der Waals surface area contributed by atoms with Gasteiger partial charge in [0.1, 0.15) is 5.75 Å². The molecular weight excluding hydrogens is 238 g/mol. The molecule has 1 fully saturated rings. The first-order valence-electron chi connectivity index (χ1n) is 7.21. The molecule has 1 N–H and O–H groups in total. The van der Waals surface area contributed by atoms with Gasteiger partial charge in [-0.1, -0.05) is 19.1 Å². The van der Waals surface area contributed by atoms with Crippen LogP contribution < -0.4 is 10.1 Å². The molecule has 104 valence electrons. The molecule has 0 atom stereocenters. The molecule has 0 bridgehead atoms. The number of hydrogen-bond acceptors (Lipinski definition) is 3. The molecule has 1 aliphatic rings. The summed E-state index contributed by atoms with van der Waals surface area (Å²) in [6.07, 6.45) is 2.74. The quantitative estimate of drug-likeness (QED) is 0.828. The first kappa shape index (κ1) is 14.1. The van der Waals surface area contributed by atoms with Crippen LogP contribution >= 0.6 is 0 Å². The summed E-state index contributed by atoms with van der Waals surface area (Å²) in [6, 6.07) is 7.62. The minimum absolute atomic E-state index is 0.210. The molecule has 1 heterocycles. The highest BCUT2D eigenvalue weighted by atomic mass is 16.5. The Bertz CT molecular complexity index is 436. The van der Waals surface area contributed by atoms with Gasteiger partial charge in [0.05, 0.1) is 12.2 Å². The number of nitrogens with one attached hydrogen (secondary N) is 1. The summed E-state index contributed by atoms with van der Waals surface area (Å²) < 4.78 is 5.60. The molecule has 0 aromatic heterocycles. The van der Waals surface area contributed by atoms with Crippen LogP contribution in [0, 0.1) is 5.41 Å². The average molecular weight is 261 g/mol. The zero-order valence-electron chi connectivity index (χ0n) is 11.9. The number of ether oxygens (including phenoxy) is 1. The monoisotopic (exact) mass is 261 g/mol. The van der Waals surface area contributed by atoms with Crippen LogP contribution in [0.2, 0.25) is 0 Å². The minimum Gasteiger partial charge on any atom is -0.493 e. The van der Waals surface area contributed by atoms with Gasteiger partial charge in [0, 0.05) is 5.41 Å². The van der Waals surface area contributed by atoms with E-state index in [9.17, 15) is 4.79 Å². The molecule has 0 amide bonds. The van der Waals surface area contributed by atoms with Gasteiger partial charge < -0.3 is 10.1 Å². The molecule has 0 spiro atoms. The predicted octanol–water partition coefficient (Wildman–Crippen LogP) is 3.05. The van der Waals surface area contributed by atoms with Crippen molar-refractivity contribution in [2.24, 2.45) is 5.41 Å². The third-order valence-electron chi connectivity index (χ3n) is 4.15. The van der Waals surface area contributed by atoms with Crippen molar-refractivity contribution in [3.63, 3.8) is 0 Å². The van der Waals surface area contributed by atoms with E-state index in [0.717, 1.165) is 43.7 Å². The highest BCUT2D eigenvalue weighted by Gasteiger charge is 2.39. The van der Waals surface area contributed by atoms with Crippen molar-refractivity contribution in [2.75, 3.05) is 19.7 Å². The molecule has 1 aliphatic heterocycles. The van der Waals surface area contributed by atoms with E-state index in [-0.39, 0.29) is 11.2 Å². The Labute approximate surface area is 115 Å². The Hall–Kier alpha value is -1.35. The van der Waals surface area contributed by atoms with Gasteiger partial charge >= 0.3 is 0 Å². The molecule has 19 heavy (non-hydrogen) atoms. The lowest BCUT2D eigenvalue weighted by molar-refractivity contribution is 0.0713. The molecule has 1 aromatic rings. The van der Waals surface area contributed by atoms with Crippen molar-refractivity contribution >= 4 is 5.78 Å². The maximum absolute atomic E-state index is 12.9. The summed E-state index contributed by atoms with van der Waals surface area (Å²) in [5.41, 5.74) is 0.534. The van der Waals surface area contributed by atoms with Gasteiger partial charge in [-0.2, -0.15) is 0 Å². The van der Waals surface area contributed by atoms with Gasteiger partial charge in [0.15, 0.2) is 5.78 Å². The maximum atomic E-state index is 12.9. The normalized spacial score (nSPS) is 18.0. The van der Waals surface area contributed by atoms with Gasteiger partial charge in [-0.05, 0) is 51.4 Å². The lowest BCUT2D eigenvalue weighted by atomic mass is 9.71. The van der Waals surface area contributed by atoms with Crippen molar-refractivity contribution in [3.8, 4) is 5.75 Å². The molecule has 0 radical (unpaired) electrons. The number of para-hydroxylation sites is 1. The fraction of sp³-hybridized carbons (Fsp3) is 0.562. The van der Waals surface area contributed by atoms with Crippen LogP contribution in [0.5, 0.6) is 5.75 Å². The third-order valence-corrected chi connectivity index (χ3v) is 4.15. The Morgan fingerprint density at radius 2 is 1.95 bits per heavy atom. The maximum Gasteiger partial charge on any atom is 0.172 e. The van der Waals surface area contributed by atoms with E-state index in [2.05, 4.69) is 12.2 Å². The van der Waals surface area contributed by atoms with E-state index < -0.39 is 0 Å². The standard InChI is InChI=1S/C16H23NO2/c1-3-16(9-11-17-12-10-16)15(18)13-7-5-6-8-14(13)19-4-2/h5-8,17H,3-4,9-12H2,1-2H3. The molecular formula is C16H23NO2. The lowest BCUT2D eigenvalue weighted by Crippen LogP contribution is -2.41. The van der Waals surface area contributed by atoms with Crippen molar-refractivity contribution < 1.29 is 9.53 Å². The third kappa shape index (κ3) is 2.81. The van der Waals surface area contributed by atoms with Crippen LogP contribution in [0.1, 0.15) is 43.5 Å². The van der Waals surface area contributed by atoms with Crippen LogP contribution in [0.4, 0.5) is 0 Å². The smallest absolute Gasteiger partial charge is 0.172 e. The molecule has 2 rings (SSSR count). The second kappa shape index (κ2) is 6.20. The highest BCUT2D eigenvalue weighted by molar-refractivity contribution is 6.02. The molecule has 3 nitrogen and oxygen atoms in total. The summed E-state index contributed by atoms with van der Waals surface area (Å²) in [6.45, 7) is 6.51. The number of ketones is 1. The van der Waals surface area contributed by atoms with E-state index in [1.165, 1.54) is 0 Å². The van der Waals surface area contributed by atoms with E-state index in [1.54, 1.807) is 0 Å². The van der Waals surface area contributed by atoms with Gasteiger partial charge in [0.2, 0.25) is 0 Å². The fourth-order valence-electron chi connectivity index (χ4n) is 2.87. The summed E-state index contributed by atoms with van der Waals surface area (Å²) >= 11 is 0. The van der Waals surface area contributed by atoms with E-state index >= 15 is 0 Å². The van der Waals surface area contributed by atoms with E-state index in [0.29, 0.717) is 6.61 Å². The Kier molecular flexibility index (Phi) is 4.59. The van der Waals surface area contributed by atoms with Crippen molar-refractivity contribution in [1.82, 2.24) is 5.32 Å². The number of carbonyl (C=O) groups is 1. The Balaban J connectivity index is 2.31. The summed E-state index contributed by atoms with van der Waals surface area (Å²) in [5, 5.41) is 3.34. The summed E-state index contributed by atoms with van der Waals surface area (Å²) in [4.78, 5) is 12.9. The van der Waals surface area contributed by atoms with E-state index in [4.69, 9.17) is 4.74 Å². The zero-order valence-corrected chi connectivity index (χ0v) is 11.9. The first-order chi connectivity index (χ1) is 9.23. The minimum atomic E-state index is -0.210. The molecule has 0 unspecified atom stereocenters. The molecule has 0 saturated carbocycles. The second-order valence-electron chi connectivity index (χ2n) is 5.14. The van der Waals surface area contributed by atoms with Crippen LogP contribution in [0.25, 0.3) is 0 Å². The SMILES string of the molecule is CCOc1ccccc1C(=O)C1(CC)CCNCC1. The van der Waals surface area contributed by atoms with Gasteiger partial charge in [-0.3, -0.25) is 4.79 Å². The van der Waals surface area contributed by atoms with Crippen LogP contribution in [-0.2, 0) is 0 Å². The van der Waals surface area contributed by atoms with Gasteiger partial charge in [-0.25, -0.2) is 0 Å². The largest absolute Gasteiger partial charge is 0.493 e. The summed E-state index contributed by atoms with van der Waals surface area (Å²) in [7, 11) is 0.